The Balaban J connectivity index is 2.60. The van der Waals surface area contributed by atoms with E-state index in [9.17, 15) is 9.90 Å². The first-order valence-electron chi connectivity index (χ1n) is 5.64. The number of carbonyl (C=O) groups is 1. The van der Waals surface area contributed by atoms with Crippen LogP contribution in [0.5, 0.6) is 5.75 Å². The van der Waals surface area contributed by atoms with Crippen molar-refractivity contribution < 1.29 is 14.6 Å². The van der Waals surface area contributed by atoms with Gasteiger partial charge in [-0.1, -0.05) is 12.1 Å². The van der Waals surface area contributed by atoms with Gasteiger partial charge < -0.3 is 9.84 Å². The van der Waals surface area contributed by atoms with Crippen molar-refractivity contribution in [3.63, 3.8) is 0 Å². The predicted molar refractivity (Wildman–Crippen MR) is 66.8 cm³/mol. The van der Waals surface area contributed by atoms with E-state index in [1.165, 1.54) is 25.6 Å². The van der Waals surface area contributed by atoms with Gasteiger partial charge in [-0.05, 0) is 36.4 Å². The Labute approximate surface area is 109 Å². The van der Waals surface area contributed by atoms with Crippen molar-refractivity contribution in [1.82, 2.24) is 20.2 Å². The Kier molecular flexibility index (Phi) is 3.20. The molecule has 0 aliphatic heterocycles. The van der Waals surface area contributed by atoms with E-state index < -0.39 is 11.5 Å². The fraction of sp³-hybridized carbons (Fsp3) is 0.333. The van der Waals surface area contributed by atoms with Crippen LogP contribution in [0, 0.1) is 0 Å². The number of tetrazole rings is 1. The molecular weight excluding hydrogens is 248 g/mol. The maximum atomic E-state index is 11.3. The zero-order valence-corrected chi connectivity index (χ0v) is 10.9. The van der Waals surface area contributed by atoms with E-state index in [2.05, 4.69) is 15.5 Å². The Morgan fingerprint density at radius 3 is 2.68 bits per heavy atom. The summed E-state index contributed by atoms with van der Waals surface area (Å²) in [6.45, 7) is 3.06. The Bertz CT molecular complexity index is 607. The van der Waals surface area contributed by atoms with Gasteiger partial charge in [0.2, 0.25) is 0 Å². The average Bonchev–Trinajstić information content (AvgIpc) is 2.88. The molecular formula is C12H14N4O3. The Morgan fingerprint density at radius 1 is 1.37 bits per heavy atom. The van der Waals surface area contributed by atoms with Crippen LogP contribution >= 0.6 is 0 Å². The maximum Gasteiger partial charge on any atom is 0.331 e. The van der Waals surface area contributed by atoms with Crippen molar-refractivity contribution in [2.45, 2.75) is 19.4 Å². The van der Waals surface area contributed by atoms with Gasteiger partial charge in [0.15, 0.2) is 11.4 Å². The van der Waals surface area contributed by atoms with Gasteiger partial charge in [-0.2, -0.15) is 0 Å². The quantitative estimate of drug-likeness (QED) is 0.889. The van der Waals surface area contributed by atoms with Crippen LogP contribution in [0.25, 0.3) is 11.4 Å². The second-order valence-electron chi connectivity index (χ2n) is 4.48. The van der Waals surface area contributed by atoms with Gasteiger partial charge in [0.05, 0.1) is 12.7 Å². The third-order valence-electron chi connectivity index (χ3n) is 2.87. The smallest absolute Gasteiger partial charge is 0.331 e. The SMILES string of the molecule is COc1ccccc1-c1nnnn1C(C)(C)C(=O)O. The zero-order chi connectivity index (χ0) is 14.0. The highest BCUT2D eigenvalue weighted by Crippen LogP contribution is 2.30. The van der Waals surface area contributed by atoms with Crippen molar-refractivity contribution in [1.29, 1.82) is 0 Å². The summed E-state index contributed by atoms with van der Waals surface area (Å²) in [4.78, 5) is 11.3. The molecule has 7 nitrogen and oxygen atoms in total. The maximum absolute atomic E-state index is 11.3. The third-order valence-corrected chi connectivity index (χ3v) is 2.87. The molecule has 1 heterocycles. The standard InChI is InChI=1S/C12H14N4O3/c1-12(2,11(17)18)16-10(13-14-15-16)8-6-4-5-7-9(8)19-3/h4-7H,1-3H3,(H,17,18). The van der Waals surface area contributed by atoms with E-state index in [1.54, 1.807) is 12.1 Å². The van der Waals surface area contributed by atoms with Crippen LogP contribution < -0.4 is 4.74 Å². The van der Waals surface area contributed by atoms with E-state index in [0.717, 1.165) is 0 Å². The Hall–Kier alpha value is -2.44. The summed E-state index contributed by atoms with van der Waals surface area (Å²) in [5, 5.41) is 20.5. The molecule has 0 spiro atoms. The molecule has 0 amide bonds. The number of rotatable bonds is 4. The minimum absolute atomic E-state index is 0.352. The molecule has 100 valence electrons. The minimum Gasteiger partial charge on any atom is -0.496 e. The highest BCUT2D eigenvalue weighted by Gasteiger charge is 2.34. The number of carboxylic acid groups (broad SMARTS) is 1. The number of benzene rings is 1. The van der Waals surface area contributed by atoms with E-state index in [4.69, 9.17) is 4.74 Å². The highest BCUT2D eigenvalue weighted by molar-refractivity contribution is 5.77. The van der Waals surface area contributed by atoms with Crippen molar-refractivity contribution >= 4 is 5.97 Å². The second-order valence-corrected chi connectivity index (χ2v) is 4.48. The number of aromatic nitrogens is 4. The van der Waals surface area contributed by atoms with Gasteiger partial charge >= 0.3 is 5.97 Å². The van der Waals surface area contributed by atoms with Crippen LogP contribution in [0.2, 0.25) is 0 Å². The van der Waals surface area contributed by atoms with Crippen LogP contribution in [0.1, 0.15) is 13.8 Å². The molecule has 0 aliphatic rings. The van der Waals surface area contributed by atoms with Gasteiger partial charge in [-0.3, -0.25) is 0 Å². The summed E-state index contributed by atoms with van der Waals surface area (Å²) < 4.78 is 6.51. The van der Waals surface area contributed by atoms with Gasteiger partial charge in [-0.15, -0.1) is 5.10 Å². The summed E-state index contributed by atoms with van der Waals surface area (Å²) in [7, 11) is 1.54. The zero-order valence-electron chi connectivity index (χ0n) is 10.9. The first kappa shape index (κ1) is 13.0. The highest BCUT2D eigenvalue weighted by atomic mass is 16.5. The second kappa shape index (κ2) is 4.68. The molecule has 0 fully saturated rings. The molecule has 0 saturated heterocycles. The molecule has 0 unspecified atom stereocenters. The lowest BCUT2D eigenvalue weighted by molar-refractivity contribution is -0.146. The van der Waals surface area contributed by atoms with Crippen molar-refractivity contribution in [2.75, 3.05) is 7.11 Å². The lowest BCUT2D eigenvalue weighted by Crippen LogP contribution is -2.37. The normalized spacial score (nSPS) is 11.3. The number of ether oxygens (including phenoxy) is 1. The fourth-order valence-electron chi connectivity index (χ4n) is 1.65. The molecule has 2 rings (SSSR count). The first-order chi connectivity index (χ1) is 8.98. The number of para-hydroxylation sites is 1. The van der Waals surface area contributed by atoms with Gasteiger partial charge in [-0.25, -0.2) is 9.48 Å². The number of hydrogen-bond donors (Lipinski definition) is 1. The van der Waals surface area contributed by atoms with Crippen molar-refractivity contribution in [2.24, 2.45) is 0 Å². The van der Waals surface area contributed by atoms with Gasteiger partial charge in [0.1, 0.15) is 5.75 Å². The summed E-state index contributed by atoms with van der Waals surface area (Å²) >= 11 is 0. The first-order valence-corrected chi connectivity index (χ1v) is 5.64. The predicted octanol–water partition coefficient (Wildman–Crippen LogP) is 1.17. The fourth-order valence-corrected chi connectivity index (χ4v) is 1.65. The lowest BCUT2D eigenvalue weighted by atomic mass is 10.1. The molecule has 0 saturated carbocycles. The van der Waals surface area contributed by atoms with Crippen LogP contribution in [0.3, 0.4) is 0 Å². The third kappa shape index (κ3) is 2.14. The number of nitrogens with zero attached hydrogens (tertiary/aromatic N) is 4. The van der Waals surface area contributed by atoms with Crippen LogP contribution in [0.4, 0.5) is 0 Å². The van der Waals surface area contributed by atoms with Crippen molar-refractivity contribution in [3.05, 3.63) is 24.3 Å². The monoisotopic (exact) mass is 262 g/mol. The van der Waals surface area contributed by atoms with E-state index in [1.807, 2.05) is 12.1 Å². The molecule has 0 radical (unpaired) electrons. The summed E-state index contributed by atoms with van der Waals surface area (Å²) in [5.41, 5.74) is -0.607. The van der Waals surface area contributed by atoms with Gasteiger partial charge in [0, 0.05) is 0 Å². The van der Waals surface area contributed by atoms with Crippen LogP contribution in [0.15, 0.2) is 24.3 Å². The summed E-state index contributed by atoms with van der Waals surface area (Å²) in [6, 6.07) is 7.17. The molecule has 0 aliphatic carbocycles. The summed E-state index contributed by atoms with van der Waals surface area (Å²) in [5.74, 6) is -0.0828. The molecule has 1 N–H and O–H groups in total. The molecule has 1 aromatic carbocycles. The molecule has 1 aromatic heterocycles. The minimum atomic E-state index is -1.25. The van der Waals surface area contributed by atoms with Crippen LogP contribution in [-0.2, 0) is 10.3 Å². The topological polar surface area (TPSA) is 90.1 Å². The van der Waals surface area contributed by atoms with Crippen LogP contribution in [-0.4, -0.2) is 38.4 Å². The van der Waals surface area contributed by atoms with E-state index in [-0.39, 0.29) is 0 Å². The number of carboxylic acids is 1. The Morgan fingerprint density at radius 2 is 2.05 bits per heavy atom. The molecule has 7 heteroatoms. The van der Waals surface area contributed by atoms with E-state index >= 15 is 0 Å². The number of methoxy groups -OCH3 is 1. The molecule has 19 heavy (non-hydrogen) atoms. The molecule has 0 bridgehead atoms. The summed E-state index contributed by atoms with van der Waals surface area (Å²) in [6.07, 6.45) is 0. The number of hydrogen-bond acceptors (Lipinski definition) is 5. The lowest BCUT2D eigenvalue weighted by Gasteiger charge is -2.20. The van der Waals surface area contributed by atoms with Gasteiger partial charge in [0.25, 0.3) is 0 Å². The molecule has 2 aromatic rings. The van der Waals surface area contributed by atoms with E-state index in [0.29, 0.717) is 17.1 Å². The average molecular weight is 262 g/mol. The number of aliphatic carboxylic acids is 1. The molecule has 0 atom stereocenters. The largest absolute Gasteiger partial charge is 0.496 e. The van der Waals surface area contributed by atoms with Crippen molar-refractivity contribution in [3.8, 4) is 17.1 Å².